The topological polar surface area (TPSA) is 129 Å². The van der Waals surface area contributed by atoms with E-state index in [1.54, 1.807) is 24.3 Å². The van der Waals surface area contributed by atoms with Gasteiger partial charge in [-0.1, -0.05) is 129 Å². The van der Waals surface area contributed by atoms with Gasteiger partial charge in [-0.2, -0.15) is 0 Å². The molecule has 4 aromatic heterocycles. The Morgan fingerprint density at radius 2 is 0.727 bits per heavy atom. The number of aromatic nitrogens is 3. The molecule has 0 aliphatic heterocycles. The lowest BCUT2D eigenvalue weighted by Crippen LogP contribution is -2.15. The van der Waals surface area contributed by atoms with Crippen molar-refractivity contribution in [3.8, 4) is 56.4 Å². The highest BCUT2D eigenvalue weighted by atomic mass is 16.4. The molecule has 312 valence electrons. The summed E-state index contributed by atoms with van der Waals surface area (Å²) in [6, 6.07) is 52.6. The van der Waals surface area contributed by atoms with E-state index in [9.17, 15) is 14.4 Å². The van der Waals surface area contributed by atoms with Crippen LogP contribution in [0.4, 0.5) is 0 Å². The molecule has 66 heavy (non-hydrogen) atoms. The Kier molecular flexibility index (Phi) is 7.91. The number of nitrogens with zero attached hydrogens (tertiary/aromatic N) is 3. The Morgan fingerprint density at radius 1 is 0.348 bits per heavy atom. The first-order valence-corrected chi connectivity index (χ1v) is 21.6. The number of rotatable bonds is 4. The molecule has 12 aromatic rings. The van der Waals surface area contributed by atoms with Gasteiger partial charge in [-0.05, 0) is 109 Å². The number of fused-ring (bicyclic) bond motifs is 12. The molecule has 0 saturated carbocycles. The third-order valence-corrected chi connectivity index (χ3v) is 13.3. The first-order valence-electron chi connectivity index (χ1n) is 21.6. The first-order chi connectivity index (χ1) is 32.2. The summed E-state index contributed by atoms with van der Waals surface area (Å²) in [5.41, 5.74) is 5.45. The van der Waals surface area contributed by atoms with E-state index in [0.29, 0.717) is 38.6 Å². The van der Waals surface area contributed by atoms with E-state index in [1.807, 2.05) is 121 Å². The SMILES string of the molecule is CC1(C)c2cc(-c3nc(-c4cc5c(ccc6ccccc65)oc4=O)nc(-c4cc5c(ccc6ccccc65)oc4=O)n3)ccc2-c2ccc(-c3cc4c(ccc5ccccc54)oc3=O)cc21. The Bertz CT molecular complexity index is 4150. The highest BCUT2D eigenvalue weighted by molar-refractivity contribution is 6.08. The Labute approximate surface area is 373 Å². The fourth-order valence-corrected chi connectivity index (χ4v) is 9.92. The summed E-state index contributed by atoms with van der Waals surface area (Å²) in [6.07, 6.45) is 0. The zero-order valence-corrected chi connectivity index (χ0v) is 35.4. The third kappa shape index (κ3) is 5.66. The molecule has 1 aliphatic carbocycles. The number of benzene rings is 8. The van der Waals surface area contributed by atoms with Crippen LogP contribution in [-0.2, 0) is 5.41 Å². The maximum absolute atomic E-state index is 13.9. The number of hydrogen-bond donors (Lipinski definition) is 0. The van der Waals surface area contributed by atoms with E-state index >= 15 is 0 Å². The van der Waals surface area contributed by atoms with Crippen LogP contribution in [0.2, 0.25) is 0 Å². The highest BCUT2D eigenvalue weighted by Gasteiger charge is 2.36. The maximum atomic E-state index is 13.9. The average Bonchev–Trinajstić information content (AvgIpc) is 3.57. The molecule has 13 rings (SSSR count). The molecule has 8 aromatic carbocycles. The van der Waals surface area contributed by atoms with E-state index < -0.39 is 22.3 Å². The summed E-state index contributed by atoms with van der Waals surface area (Å²) in [6.45, 7) is 4.31. The molecule has 9 nitrogen and oxygen atoms in total. The normalized spacial score (nSPS) is 13.0. The van der Waals surface area contributed by atoms with E-state index in [-0.39, 0.29) is 28.6 Å². The van der Waals surface area contributed by atoms with Crippen molar-refractivity contribution in [3.63, 3.8) is 0 Å². The van der Waals surface area contributed by atoms with Crippen molar-refractivity contribution in [3.05, 3.63) is 206 Å². The molecule has 1 aliphatic rings. The molecule has 0 radical (unpaired) electrons. The van der Waals surface area contributed by atoms with Gasteiger partial charge in [-0.15, -0.1) is 0 Å². The van der Waals surface area contributed by atoms with Crippen LogP contribution in [0.15, 0.2) is 191 Å². The summed E-state index contributed by atoms with van der Waals surface area (Å²) >= 11 is 0. The molecule has 0 atom stereocenters. The Hall–Kier alpha value is -8.82. The van der Waals surface area contributed by atoms with Gasteiger partial charge >= 0.3 is 16.9 Å². The second-order valence-corrected chi connectivity index (χ2v) is 17.4. The maximum Gasteiger partial charge on any atom is 0.347 e. The summed E-state index contributed by atoms with van der Waals surface area (Å²) in [4.78, 5) is 56.2. The lowest BCUT2D eigenvalue weighted by molar-refractivity contribution is 0.562. The van der Waals surface area contributed by atoms with Crippen LogP contribution >= 0.6 is 0 Å². The van der Waals surface area contributed by atoms with Gasteiger partial charge in [-0.3, -0.25) is 0 Å². The molecule has 0 bridgehead atoms. The zero-order valence-electron chi connectivity index (χ0n) is 35.4. The molecule has 4 heterocycles. The molecule has 0 spiro atoms. The van der Waals surface area contributed by atoms with Crippen molar-refractivity contribution >= 4 is 65.2 Å². The quantitative estimate of drug-likeness (QED) is 0.125. The van der Waals surface area contributed by atoms with Crippen LogP contribution < -0.4 is 16.9 Å². The van der Waals surface area contributed by atoms with Crippen LogP contribution in [-0.4, -0.2) is 15.0 Å². The largest absolute Gasteiger partial charge is 0.422 e. The van der Waals surface area contributed by atoms with Gasteiger partial charge in [0.05, 0.1) is 5.56 Å². The molecular formula is C57H33N3O6. The minimum Gasteiger partial charge on any atom is -0.422 e. The van der Waals surface area contributed by atoms with Crippen molar-refractivity contribution < 1.29 is 13.3 Å². The zero-order chi connectivity index (χ0) is 44.4. The second kappa shape index (κ2) is 13.8. The molecule has 0 N–H and O–H groups in total. The van der Waals surface area contributed by atoms with Crippen LogP contribution in [0.1, 0.15) is 25.0 Å². The van der Waals surface area contributed by atoms with Crippen molar-refractivity contribution in [1.29, 1.82) is 0 Å². The van der Waals surface area contributed by atoms with Gasteiger partial charge in [0, 0.05) is 27.1 Å². The van der Waals surface area contributed by atoms with Crippen molar-refractivity contribution in [2.24, 2.45) is 0 Å². The minimum atomic E-state index is -0.632. The predicted molar refractivity (Wildman–Crippen MR) is 260 cm³/mol. The summed E-state index contributed by atoms with van der Waals surface area (Å²) < 4.78 is 17.8. The monoisotopic (exact) mass is 855 g/mol. The van der Waals surface area contributed by atoms with Gasteiger partial charge in [0.25, 0.3) is 0 Å². The summed E-state index contributed by atoms with van der Waals surface area (Å²) in [5, 5.41) is 8.13. The second-order valence-electron chi connectivity index (χ2n) is 17.4. The molecule has 9 heteroatoms. The number of hydrogen-bond acceptors (Lipinski definition) is 9. The smallest absolute Gasteiger partial charge is 0.347 e. The van der Waals surface area contributed by atoms with Gasteiger partial charge in [0.1, 0.15) is 27.9 Å². The molecule has 0 fully saturated rings. The van der Waals surface area contributed by atoms with Crippen molar-refractivity contribution in [1.82, 2.24) is 15.0 Å². The van der Waals surface area contributed by atoms with Crippen LogP contribution in [0.5, 0.6) is 0 Å². The standard InChI is InChI=1S/C57H33N3O6/c1-57(2)46-25-33(40-27-41-35-12-6-3-9-30(35)17-22-48(41)64-54(40)61)15-20-38(46)39-21-16-34(26-47(39)57)51-58-52(44-28-42-36-13-7-4-10-31(36)18-23-49(42)65-55(44)62)60-53(59-51)45-29-43-37-14-8-5-11-32(37)19-24-50(43)66-56(45)63/h3-29H,1-2H3. The molecule has 0 unspecified atom stereocenters. The van der Waals surface area contributed by atoms with Crippen molar-refractivity contribution in [2.45, 2.75) is 19.3 Å². The molecule has 0 saturated heterocycles. The molecular weight excluding hydrogens is 823 g/mol. The highest BCUT2D eigenvalue weighted by Crippen LogP contribution is 2.50. The lowest BCUT2D eigenvalue weighted by Gasteiger charge is -2.22. The first kappa shape index (κ1) is 37.7. The van der Waals surface area contributed by atoms with E-state index in [4.69, 9.17) is 28.2 Å². The summed E-state index contributed by atoms with van der Waals surface area (Å²) in [7, 11) is 0. The van der Waals surface area contributed by atoms with Gasteiger partial charge in [0.2, 0.25) is 0 Å². The fourth-order valence-electron chi connectivity index (χ4n) is 9.92. The van der Waals surface area contributed by atoms with Crippen molar-refractivity contribution in [2.75, 3.05) is 0 Å². The van der Waals surface area contributed by atoms with E-state index in [1.165, 1.54) is 0 Å². The lowest BCUT2D eigenvalue weighted by atomic mass is 9.81. The predicted octanol–water partition coefficient (Wildman–Crippen LogP) is 12.6. The fraction of sp³-hybridized carbons (Fsp3) is 0.0526. The van der Waals surface area contributed by atoms with E-state index in [2.05, 4.69) is 32.0 Å². The van der Waals surface area contributed by atoms with Crippen LogP contribution in [0.3, 0.4) is 0 Å². The van der Waals surface area contributed by atoms with Gasteiger partial charge < -0.3 is 13.3 Å². The van der Waals surface area contributed by atoms with Crippen LogP contribution in [0, 0.1) is 0 Å². The Morgan fingerprint density at radius 3 is 1.20 bits per heavy atom. The minimum absolute atomic E-state index is 0.0469. The van der Waals surface area contributed by atoms with E-state index in [0.717, 1.165) is 65.5 Å². The van der Waals surface area contributed by atoms with Gasteiger partial charge in [-0.25, -0.2) is 29.3 Å². The van der Waals surface area contributed by atoms with Gasteiger partial charge in [0.15, 0.2) is 17.5 Å². The van der Waals surface area contributed by atoms with Crippen LogP contribution in [0.25, 0.3) is 122 Å². The third-order valence-electron chi connectivity index (χ3n) is 13.3. The molecule has 0 amide bonds. The Balaban J connectivity index is 0.980. The summed E-state index contributed by atoms with van der Waals surface area (Å²) in [5.74, 6) is 0.345. The average molecular weight is 856 g/mol.